The highest BCUT2D eigenvalue weighted by Gasteiger charge is 1.96. The Kier molecular flexibility index (Phi) is 4.07. The van der Waals surface area contributed by atoms with Gasteiger partial charge in [0.25, 0.3) is 0 Å². The monoisotopic (exact) mass is 189 g/mol. The van der Waals surface area contributed by atoms with Crippen molar-refractivity contribution in [1.29, 1.82) is 0 Å². The highest BCUT2D eigenvalue weighted by Crippen LogP contribution is 2.15. The number of rotatable bonds is 1. The summed E-state index contributed by atoms with van der Waals surface area (Å²) in [4.78, 5) is 3.56. The number of guanidine groups is 1. The molecule has 0 aliphatic rings. The third-order valence-corrected chi connectivity index (χ3v) is 1.10. The van der Waals surface area contributed by atoms with Crippen LogP contribution in [-0.4, -0.2) is 5.96 Å². The normalized spacial score (nSPS) is 8.42. The van der Waals surface area contributed by atoms with Crippen LogP contribution in [0.1, 0.15) is 0 Å². The molecule has 0 spiro atoms. The molecule has 66 valence electrons. The van der Waals surface area contributed by atoms with Gasteiger partial charge in [-0.25, -0.2) is 9.38 Å². The van der Waals surface area contributed by atoms with E-state index in [-0.39, 0.29) is 24.1 Å². The second-order valence-electron chi connectivity index (χ2n) is 1.99. The lowest BCUT2D eigenvalue weighted by Gasteiger charge is -1.94. The van der Waals surface area contributed by atoms with E-state index in [1.54, 1.807) is 12.1 Å². The zero-order valence-electron chi connectivity index (χ0n) is 6.20. The van der Waals surface area contributed by atoms with Gasteiger partial charge in [-0.3, -0.25) is 0 Å². The predicted molar refractivity (Wildman–Crippen MR) is 49.1 cm³/mol. The lowest BCUT2D eigenvalue weighted by atomic mass is 10.3. The van der Waals surface area contributed by atoms with Crippen molar-refractivity contribution in [1.82, 2.24) is 0 Å². The molecule has 0 amide bonds. The Bertz CT molecular complexity index is 284. The van der Waals surface area contributed by atoms with Gasteiger partial charge >= 0.3 is 0 Å². The maximum Gasteiger partial charge on any atom is 0.191 e. The summed E-state index contributed by atoms with van der Waals surface area (Å²) in [7, 11) is 0. The zero-order chi connectivity index (χ0) is 8.27. The van der Waals surface area contributed by atoms with Crippen molar-refractivity contribution < 1.29 is 4.39 Å². The molecule has 1 rings (SSSR count). The van der Waals surface area contributed by atoms with E-state index in [1.807, 2.05) is 0 Å². The summed E-state index contributed by atoms with van der Waals surface area (Å²) in [6.07, 6.45) is 0. The molecule has 0 saturated carbocycles. The second kappa shape index (κ2) is 4.56. The van der Waals surface area contributed by atoms with Crippen LogP contribution in [-0.2, 0) is 0 Å². The Hall–Kier alpha value is -1.29. The fraction of sp³-hybridized carbons (Fsp3) is 0. The van der Waals surface area contributed by atoms with Crippen molar-refractivity contribution in [3.05, 3.63) is 30.1 Å². The first-order valence-electron chi connectivity index (χ1n) is 3.04. The third kappa shape index (κ3) is 2.75. The van der Waals surface area contributed by atoms with Gasteiger partial charge in [0.15, 0.2) is 5.96 Å². The highest BCUT2D eigenvalue weighted by atomic mass is 35.5. The minimum absolute atomic E-state index is 0. The van der Waals surface area contributed by atoms with Gasteiger partial charge in [-0.2, -0.15) is 0 Å². The molecule has 0 saturated heterocycles. The summed E-state index contributed by atoms with van der Waals surface area (Å²) >= 11 is 0. The number of nitrogens with two attached hydrogens (primary N) is 2. The average molecular weight is 190 g/mol. The summed E-state index contributed by atoms with van der Waals surface area (Å²) in [6, 6.07) is 6.02. The van der Waals surface area contributed by atoms with Crippen LogP contribution in [0, 0.1) is 5.82 Å². The maximum absolute atomic E-state index is 12.7. The van der Waals surface area contributed by atoms with Crippen molar-refractivity contribution in [2.45, 2.75) is 0 Å². The number of hydrogen-bond donors (Lipinski definition) is 2. The molecule has 5 heteroatoms. The minimum atomic E-state index is -0.430. The molecular formula is C7H9ClFN3. The Labute approximate surface area is 75.7 Å². The van der Waals surface area contributed by atoms with Crippen LogP contribution in [0.5, 0.6) is 0 Å². The van der Waals surface area contributed by atoms with E-state index >= 15 is 0 Å². The van der Waals surface area contributed by atoms with Gasteiger partial charge in [-0.05, 0) is 12.1 Å². The van der Waals surface area contributed by atoms with Crippen molar-refractivity contribution in [3.63, 3.8) is 0 Å². The maximum atomic E-state index is 12.7. The summed E-state index contributed by atoms with van der Waals surface area (Å²) in [5, 5.41) is 0. The van der Waals surface area contributed by atoms with Crippen LogP contribution in [0.4, 0.5) is 10.1 Å². The first-order chi connectivity index (χ1) is 5.20. The van der Waals surface area contributed by atoms with Gasteiger partial charge in [0.05, 0.1) is 0 Å². The molecule has 4 N–H and O–H groups in total. The van der Waals surface area contributed by atoms with E-state index < -0.39 is 5.82 Å². The van der Waals surface area contributed by atoms with Crippen molar-refractivity contribution in [2.24, 2.45) is 16.5 Å². The number of halogens is 2. The molecule has 0 aliphatic carbocycles. The molecule has 0 bridgehead atoms. The van der Waals surface area contributed by atoms with Crippen LogP contribution in [0.25, 0.3) is 0 Å². The van der Waals surface area contributed by atoms with Gasteiger partial charge in [0, 0.05) is 0 Å². The van der Waals surface area contributed by atoms with E-state index in [0.717, 1.165) is 0 Å². The van der Waals surface area contributed by atoms with E-state index in [9.17, 15) is 4.39 Å². The first kappa shape index (κ1) is 10.7. The Morgan fingerprint density at radius 2 is 1.83 bits per heavy atom. The second-order valence-corrected chi connectivity index (χ2v) is 1.99. The molecule has 12 heavy (non-hydrogen) atoms. The number of nitrogens with zero attached hydrogens (tertiary/aromatic N) is 1. The van der Waals surface area contributed by atoms with Crippen LogP contribution < -0.4 is 11.5 Å². The Balaban J connectivity index is 0.00000121. The summed E-state index contributed by atoms with van der Waals surface area (Å²) in [5.74, 6) is -0.573. The lowest BCUT2D eigenvalue weighted by molar-refractivity contribution is 0.630. The van der Waals surface area contributed by atoms with Gasteiger partial charge in [-0.1, -0.05) is 12.1 Å². The molecule has 0 unspecified atom stereocenters. The van der Waals surface area contributed by atoms with E-state index in [2.05, 4.69) is 4.99 Å². The molecule has 0 radical (unpaired) electrons. The van der Waals surface area contributed by atoms with Gasteiger partial charge < -0.3 is 11.5 Å². The summed E-state index contributed by atoms with van der Waals surface area (Å²) in [6.45, 7) is 0. The van der Waals surface area contributed by atoms with E-state index in [4.69, 9.17) is 11.5 Å². The van der Waals surface area contributed by atoms with Crippen LogP contribution in [0.15, 0.2) is 29.3 Å². The molecule has 0 fully saturated rings. The van der Waals surface area contributed by atoms with E-state index in [0.29, 0.717) is 0 Å². The first-order valence-corrected chi connectivity index (χ1v) is 3.04. The lowest BCUT2D eigenvalue weighted by Crippen LogP contribution is -2.22. The number of benzene rings is 1. The highest BCUT2D eigenvalue weighted by molar-refractivity contribution is 5.85. The van der Waals surface area contributed by atoms with Crippen molar-refractivity contribution >= 4 is 24.1 Å². The van der Waals surface area contributed by atoms with Crippen LogP contribution >= 0.6 is 12.4 Å². The number of aliphatic imine (C=N–C) groups is 1. The van der Waals surface area contributed by atoms with Gasteiger partial charge in [-0.15, -0.1) is 12.4 Å². The fourth-order valence-corrected chi connectivity index (χ4v) is 0.681. The molecule has 0 aliphatic heterocycles. The van der Waals surface area contributed by atoms with E-state index in [1.165, 1.54) is 12.1 Å². The topological polar surface area (TPSA) is 64.4 Å². The standard InChI is InChI=1S/C7H8FN3.ClH/c8-5-3-1-2-4-6(5)11-7(9)10;/h1-4H,(H4,9,10,11);1H. The summed E-state index contributed by atoms with van der Waals surface area (Å²) < 4.78 is 12.7. The van der Waals surface area contributed by atoms with Crippen molar-refractivity contribution in [2.75, 3.05) is 0 Å². The third-order valence-electron chi connectivity index (χ3n) is 1.10. The average Bonchev–Trinajstić information content (AvgIpc) is 1.93. The largest absolute Gasteiger partial charge is 0.370 e. The van der Waals surface area contributed by atoms with Crippen LogP contribution in [0.3, 0.4) is 0 Å². The van der Waals surface area contributed by atoms with Gasteiger partial charge in [0.2, 0.25) is 0 Å². The molecule has 0 aromatic heterocycles. The Morgan fingerprint density at radius 3 is 2.33 bits per heavy atom. The molecule has 1 aromatic carbocycles. The summed E-state index contributed by atoms with van der Waals surface area (Å²) in [5.41, 5.74) is 10.3. The molecule has 0 atom stereocenters. The van der Waals surface area contributed by atoms with Gasteiger partial charge in [0.1, 0.15) is 11.5 Å². The fourth-order valence-electron chi connectivity index (χ4n) is 0.681. The molecule has 0 heterocycles. The Morgan fingerprint density at radius 1 is 1.25 bits per heavy atom. The smallest absolute Gasteiger partial charge is 0.191 e. The molecule has 1 aromatic rings. The van der Waals surface area contributed by atoms with Crippen molar-refractivity contribution in [3.8, 4) is 0 Å². The number of hydrogen-bond acceptors (Lipinski definition) is 1. The number of para-hydroxylation sites is 1. The molecular weight excluding hydrogens is 181 g/mol. The van der Waals surface area contributed by atoms with Crippen LogP contribution in [0.2, 0.25) is 0 Å². The SMILES string of the molecule is Cl.NC(N)=Nc1ccccc1F. The minimum Gasteiger partial charge on any atom is -0.370 e. The predicted octanol–water partition coefficient (Wildman–Crippen LogP) is 1.15. The molecule has 3 nitrogen and oxygen atoms in total. The zero-order valence-corrected chi connectivity index (χ0v) is 7.01. The quantitative estimate of drug-likeness (QED) is 0.514.